The van der Waals surface area contributed by atoms with Gasteiger partial charge in [0.1, 0.15) is 11.4 Å². The van der Waals surface area contributed by atoms with E-state index in [9.17, 15) is 9.59 Å². The number of methoxy groups -OCH3 is 1. The van der Waals surface area contributed by atoms with Gasteiger partial charge >= 0.3 is 0 Å². The van der Waals surface area contributed by atoms with Gasteiger partial charge in [0.25, 0.3) is 5.91 Å². The van der Waals surface area contributed by atoms with Crippen molar-refractivity contribution in [3.05, 3.63) is 35.5 Å². The fraction of sp³-hybridized carbons (Fsp3) is 0.630. The smallest absolute Gasteiger partial charge is 0.270 e. The van der Waals surface area contributed by atoms with Gasteiger partial charge in [-0.05, 0) is 49.5 Å². The zero-order valence-electron chi connectivity index (χ0n) is 20.3. The molecule has 1 N–H and O–H groups in total. The van der Waals surface area contributed by atoms with Gasteiger partial charge in [-0.25, -0.2) is 0 Å². The van der Waals surface area contributed by atoms with E-state index in [0.29, 0.717) is 5.70 Å². The molecular weight excluding hydrogens is 400 g/mol. The Morgan fingerprint density at radius 1 is 0.906 bits per heavy atom. The molecule has 0 atom stereocenters. The van der Waals surface area contributed by atoms with Crippen molar-refractivity contribution in [2.75, 3.05) is 7.11 Å². The summed E-state index contributed by atoms with van der Waals surface area (Å²) in [6.07, 6.45) is 13.3. The molecular formula is C27H40N2O3. The second-order valence-corrected chi connectivity index (χ2v) is 10.3. The van der Waals surface area contributed by atoms with Crippen LogP contribution in [0.25, 0.3) is 6.08 Å². The standard InChI is InChI=1S/C27H40N2O3/c1-27(2,3)26(31)28-24(19-20-15-17-23(32-4)18-16-20)25(30)29(21-11-7-5-8-12-21)22-13-9-6-10-14-22/h15-19,21-22H,5-14H2,1-4H3,(H,28,31)/b24-19+. The molecule has 1 aromatic rings. The summed E-state index contributed by atoms with van der Waals surface area (Å²) in [7, 11) is 1.63. The Bertz CT molecular complexity index is 777. The van der Waals surface area contributed by atoms with Crippen molar-refractivity contribution in [3.8, 4) is 5.75 Å². The van der Waals surface area contributed by atoms with E-state index < -0.39 is 5.41 Å². The van der Waals surface area contributed by atoms with Crippen molar-refractivity contribution < 1.29 is 14.3 Å². The van der Waals surface area contributed by atoms with Crippen LogP contribution in [0.2, 0.25) is 0 Å². The maximum atomic E-state index is 14.1. The number of carbonyl (C=O) groups is 2. The van der Waals surface area contributed by atoms with Crippen LogP contribution in [0.4, 0.5) is 0 Å². The number of carbonyl (C=O) groups excluding carboxylic acids is 2. The van der Waals surface area contributed by atoms with Crippen LogP contribution in [0.3, 0.4) is 0 Å². The molecule has 3 rings (SSSR count). The molecule has 1 aromatic carbocycles. The lowest BCUT2D eigenvalue weighted by molar-refractivity contribution is -0.136. The van der Waals surface area contributed by atoms with Crippen LogP contribution in [0.1, 0.15) is 90.5 Å². The largest absolute Gasteiger partial charge is 0.497 e. The van der Waals surface area contributed by atoms with E-state index in [2.05, 4.69) is 10.2 Å². The van der Waals surface area contributed by atoms with Crippen LogP contribution in [0.5, 0.6) is 5.75 Å². The molecule has 2 aliphatic rings. The number of rotatable bonds is 6. The maximum Gasteiger partial charge on any atom is 0.270 e. The first kappa shape index (κ1) is 24.3. The highest BCUT2D eigenvalue weighted by molar-refractivity contribution is 6.02. The van der Waals surface area contributed by atoms with E-state index in [0.717, 1.165) is 37.0 Å². The van der Waals surface area contributed by atoms with Crippen molar-refractivity contribution >= 4 is 17.9 Å². The summed E-state index contributed by atoms with van der Waals surface area (Å²) in [6, 6.07) is 8.12. The van der Waals surface area contributed by atoms with Gasteiger partial charge in [0.15, 0.2) is 0 Å². The van der Waals surface area contributed by atoms with Crippen LogP contribution in [-0.2, 0) is 9.59 Å². The molecule has 2 fully saturated rings. The first-order chi connectivity index (χ1) is 15.3. The fourth-order valence-electron chi connectivity index (χ4n) is 4.82. The minimum atomic E-state index is -0.584. The highest BCUT2D eigenvalue weighted by Gasteiger charge is 2.35. The fourth-order valence-corrected chi connectivity index (χ4v) is 4.82. The topological polar surface area (TPSA) is 58.6 Å². The maximum absolute atomic E-state index is 14.1. The second-order valence-electron chi connectivity index (χ2n) is 10.3. The quantitative estimate of drug-likeness (QED) is 0.578. The molecule has 2 amide bonds. The molecule has 0 bridgehead atoms. The normalized spacial score (nSPS) is 18.8. The third kappa shape index (κ3) is 6.36. The first-order valence-electron chi connectivity index (χ1n) is 12.3. The van der Waals surface area contributed by atoms with E-state index >= 15 is 0 Å². The van der Waals surface area contributed by atoms with E-state index in [1.807, 2.05) is 51.1 Å². The Balaban J connectivity index is 1.95. The summed E-state index contributed by atoms with van der Waals surface area (Å²) in [5.74, 6) is 0.592. The Kier molecular flexibility index (Phi) is 8.38. The summed E-state index contributed by atoms with van der Waals surface area (Å²) < 4.78 is 5.26. The molecule has 0 radical (unpaired) electrons. The van der Waals surface area contributed by atoms with Crippen molar-refractivity contribution in [1.29, 1.82) is 0 Å². The highest BCUT2D eigenvalue weighted by Crippen LogP contribution is 2.31. The summed E-state index contributed by atoms with van der Waals surface area (Å²) in [5.41, 5.74) is 0.668. The molecule has 5 nitrogen and oxygen atoms in total. The molecule has 0 spiro atoms. The lowest BCUT2D eigenvalue weighted by Gasteiger charge is -2.42. The predicted molar refractivity (Wildman–Crippen MR) is 129 cm³/mol. The van der Waals surface area contributed by atoms with Crippen LogP contribution in [-0.4, -0.2) is 35.9 Å². The van der Waals surface area contributed by atoms with Gasteiger partial charge in [0.2, 0.25) is 5.91 Å². The van der Waals surface area contributed by atoms with Crippen molar-refractivity contribution in [2.24, 2.45) is 5.41 Å². The third-order valence-corrected chi connectivity index (χ3v) is 6.76. The minimum Gasteiger partial charge on any atom is -0.497 e. The SMILES string of the molecule is COc1ccc(/C=C(/NC(=O)C(C)(C)C)C(=O)N(C2CCCCC2)C2CCCCC2)cc1. The lowest BCUT2D eigenvalue weighted by atomic mass is 9.88. The molecule has 2 aliphatic carbocycles. The van der Waals surface area contributed by atoms with Crippen LogP contribution in [0, 0.1) is 5.41 Å². The van der Waals surface area contributed by atoms with Gasteiger partial charge in [-0.3, -0.25) is 9.59 Å². The van der Waals surface area contributed by atoms with Crippen LogP contribution >= 0.6 is 0 Å². The lowest BCUT2D eigenvalue weighted by Crippen LogP contribution is -2.51. The van der Waals surface area contributed by atoms with E-state index in [1.165, 1.54) is 38.5 Å². The summed E-state index contributed by atoms with van der Waals surface area (Å²) in [4.78, 5) is 29.1. The average molecular weight is 441 g/mol. The summed E-state index contributed by atoms with van der Waals surface area (Å²) in [5, 5.41) is 2.99. The van der Waals surface area contributed by atoms with E-state index in [4.69, 9.17) is 4.74 Å². The van der Waals surface area contributed by atoms with Gasteiger partial charge in [0.05, 0.1) is 7.11 Å². The second kappa shape index (κ2) is 11.0. The van der Waals surface area contributed by atoms with Crippen molar-refractivity contribution in [1.82, 2.24) is 10.2 Å². The molecule has 0 aliphatic heterocycles. The summed E-state index contributed by atoms with van der Waals surface area (Å²) in [6.45, 7) is 5.62. The molecule has 2 saturated carbocycles. The number of benzene rings is 1. The number of nitrogens with zero attached hydrogens (tertiary/aromatic N) is 1. The third-order valence-electron chi connectivity index (χ3n) is 6.76. The first-order valence-corrected chi connectivity index (χ1v) is 12.3. The van der Waals surface area contributed by atoms with Gasteiger partial charge < -0.3 is 15.0 Å². The molecule has 176 valence electrons. The minimum absolute atomic E-state index is 0.0304. The molecule has 0 heterocycles. The molecule has 0 unspecified atom stereocenters. The summed E-state index contributed by atoms with van der Waals surface area (Å²) >= 11 is 0. The van der Waals surface area contributed by atoms with Crippen molar-refractivity contribution in [2.45, 2.75) is 97.1 Å². The number of nitrogens with one attached hydrogen (secondary N) is 1. The molecule has 0 aromatic heterocycles. The predicted octanol–water partition coefficient (Wildman–Crippen LogP) is 5.69. The van der Waals surface area contributed by atoms with Gasteiger partial charge in [-0.15, -0.1) is 0 Å². The van der Waals surface area contributed by atoms with E-state index in [1.54, 1.807) is 7.11 Å². The number of hydrogen-bond acceptors (Lipinski definition) is 3. The zero-order chi connectivity index (χ0) is 23.1. The van der Waals surface area contributed by atoms with Gasteiger partial charge in [-0.1, -0.05) is 71.4 Å². The zero-order valence-corrected chi connectivity index (χ0v) is 20.3. The van der Waals surface area contributed by atoms with Gasteiger partial charge in [0, 0.05) is 17.5 Å². The Hall–Kier alpha value is -2.30. The van der Waals surface area contributed by atoms with Crippen LogP contribution < -0.4 is 10.1 Å². The van der Waals surface area contributed by atoms with E-state index in [-0.39, 0.29) is 23.9 Å². The average Bonchev–Trinajstić information content (AvgIpc) is 2.80. The van der Waals surface area contributed by atoms with Gasteiger partial charge in [-0.2, -0.15) is 0 Å². The molecule has 5 heteroatoms. The van der Waals surface area contributed by atoms with Crippen LogP contribution in [0.15, 0.2) is 30.0 Å². The molecule has 0 saturated heterocycles. The van der Waals surface area contributed by atoms with Crippen molar-refractivity contribution in [3.63, 3.8) is 0 Å². The Labute approximate surface area is 193 Å². The number of hydrogen-bond donors (Lipinski definition) is 1. The molecule has 32 heavy (non-hydrogen) atoms. The number of ether oxygens (including phenoxy) is 1. The highest BCUT2D eigenvalue weighted by atomic mass is 16.5. The number of amides is 2. The Morgan fingerprint density at radius 2 is 1.41 bits per heavy atom. The Morgan fingerprint density at radius 3 is 1.84 bits per heavy atom. The monoisotopic (exact) mass is 440 g/mol.